The van der Waals surface area contributed by atoms with Gasteiger partial charge in [-0.3, -0.25) is 0 Å². The van der Waals surface area contributed by atoms with Crippen LogP contribution in [0.5, 0.6) is 0 Å². The number of rotatable bonds is 6. The lowest BCUT2D eigenvalue weighted by molar-refractivity contribution is 0.611. The van der Waals surface area contributed by atoms with Crippen molar-refractivity contribution in [2.45, 2.75) is 51.9 Å². The van der Waals surface area contributed by atoms with Crippen molar-refractivity contribution in [1.29, 1.82) is 0 Å². The molecule has 0 saturated carbocycles. The molecule has 0 unspecified atom stereocenters. The van der Waals surface area contributed by atoms with Crippen molar-refractivity contribution < 1.29 is 0 Å². The molecule has 0 bridgehead atoms. The van der Waals surface area contributed by atoms with E-state index >= 15 is 0 Å². The van der Waals surface area contributed by atoms with E-state index in [9.17, 15) is 0 Å². The van der Waals surface area contributed by atoms with Crippen LogP contribution in [0.2, 0.25) is 0 Å². The minimum Gasteiger partial charge on any atom is -0.343 e. The maximum atomic E-state index is 3.80. The molecule has 0 atom stereocenters. The Balaban J connectivity index is 2.60. The second-order valence-corrected chi connectivity index (χ2v) is 2.62. The lowest BCUT2D eigenvalue weighted by atomic mass is 10.1. The summed E-state index contributed by atoms with van der Waals surface area (Å²) in [6, 6.07) is 0. The molecular formula is C9H19-. The van der Waals surface area contributed by atoms with Gasteiger partial charge in [0.25, 0.3) is 0 Å². The highest BCUT2D eigenvalue weighted by molar-refractivity contribution is 4.44. The van der Waals surface area contributed by atoms with Gasteiger partial charge in [0, 0.05) is 0 Å². The first-order valence-corrected chi connectivity index (χ1v) is 4.21. The van der Waals surface area contributed by atoms with Gasteiger partial charge in [0.15, 0.2) is 0 Å². The Hall–Kier alpha value is 0. The molecule has 56 valence electrons. The molecule has 9 heavy (non-hydrogen) atoms. The van der Waals surface area contributed by atoms with E-state index in [-0.39, 0.29) is 0 Å². The summed E-state index contributed by atoms with van der Waals surface area (Å²) in [5.74, 6) is 0. The van der Waals surface area contributed by atoms with Gasteiger partial charge in [0.2, 0.25) is 0 Å². The molecule has 0 fully saturated rings. The van der Waals surface area contributed by atoms with E-state index in [1.54, 1.807) is 0 Å². The highest BCUT2D eigenvalue weighted by atomic mass is 13.9. The fourth-order valence-electron chi connectivity index (χ4n) is 0.957. The molecule has 0 heterocycles. The minimum atomic E-state index is 1.12. The Bertz CT molecular complexity index is 33.3. The summed E-state index contributed by atoms with van der Waals surface area (Å²) in [7, 11) is 0. The largest absolute Gasteiger partial charge is 0.343 e. The topological polar surface area (TPSA) is 0 Å². The zero-order valence-electron chi connectivity index (χ0n) is 6.66. The Labute approximate surface area is 59.7 Å². The zero-order chi connectivity index (χ0) is 6.95. The third-order valence-electron chi connectivity index (χ3n) is 1.60. The maximum Gasteiger partial charge on any atom is -0.0533 e. The van der Waals surface area contributed by atoms with Gasteiger partial charge in [-0.25, -0.2) is 0 Å². The van der Waals surface area contributed by atoms with Crippen LogP contribution < -0.4 is 0 Å². The normalized spacial score (nSPS) is 10.0. The van der Waals surface area contributed by atoms with Crippen LogP contribution in [0.15, 0.2) is 0 Å². The summed E-state index contributed by atoms with van der Waals surface area (Å²) in [5, 5.41) is 0. The summed E-state index contributed by atoms with van der Waals surface area (Å²) in [4.78, 5) is 0. The molecule has 0 aromatic rings. The van der Waals surface area contributed by atoms with Crippen molar-refractivity contribution in [3.63, 3.8) is 0 Å². The van der Waals surface area contributed by atoms with Crippen molar-refractivity contribution in [2.24, 2.45) is 0 Å². The molecule has 0 aliphatic heterocycles. The summed E-state index contributed by atoms with van der Waals surface area (Å²) in [5.41, 5.74) is 0. The molecule has 0 heteroatoms. The lowest BCUT2D eigenvalue weighted by Crippen LogP contribution is -1.76. The van der Waals surface area contributed by atoms with Crippen LogP contribution >= 0.6 is 0 Å². The lowest BCUT2D eigenvalue weighted by Gasteiger charge is -1.98. The predicted molar refractivity (Wildman–Crippen MR) is 43.4 cm³/mol. The van der Waals surface area contributed by atoms with Crippen molar-refractivity contribution in [1.82, 2.24) is 0 Å². The smallest absolute Gasteiger partial charge is 0.0533 e. The van der Waals surface area contributed by atoms with E-state index in [0.717, 1.165) is 6.42 Å². The van der Waals surface area contributed by atoms with E-state index in [2.05, 4.69) is 13.8 Å². The molecule has 0 aliphatic rings. The fourth-order valence-corrected chi connectivity index (χ4v) is 0.957. The van der Waals surface area contributed by atoms with Crippen LogP contribution in [0.25, 0.3) is 0 Å². The Morgan fingerprint density at radius 1 is 0.889 bits per heavy atom. The third kappa shape index (κ3) is 8.00. The van der Waals surface area contributed by atoms with Crippen LogP contribution in [-0.2, 0) is 0 Å². The molecule has 0 aromatic carbocycles. The average molecular weight is 127 g/mol. The fraction of sp³-hybridized carbons (Fsp3) is 0.889. The van der Waals surface area contributed by atoms with Gasteiger partial charge in [-0.05, 0) is 0 Å². The third-order valence-corrected chi connectivity index (χ3v) is 1.60. The van der Waals surface area contributed by atoms with Gasteiger partial charge in [-0.1, -0.05) is 45.4 Å². The molecule has 0 radical (unpaired) electrons. The van der Waals surface area contributed by atoms with Crippen LogP contribution in [0.4, 0.5) is 0 Å². The van der Waals surface area contributed by atoms with E-state index in [1.165, 1.54) is 38.5 Å². The van der Waals surface area contributed by atoms with Crippen LogP contribution in [-0.4, -0.2) is 0 Å². The second kappa shape index (κ2) is 8.00. The molecule has 0 aliphatic carbocycles. The Morgan fingerprint density at radius 2 is 1.44 bits per heavy atom. The molecule has 0 amide bonds. The number of hydrogen-bond donors (Lipinski definition) is 0. The molecule has 0 N–H and O–H groups in total. The van der Waals surface area contributed by atoms with Crippen molar-refractivity contribution in [3.05, 3.63) is 6.92 Å². The van der Waals surface area contributed by atoms with E-state index < -0.39 is 0 Å². The van der Waals surface area contributed by atoms with Gasteiger partial charge in [-0.2, -0.15) is 6.42 Å². The number of unbranched alkanes of at least 4 members (excludes halogenated alkanes) is 6. The van der Waals surface area contributed by atoms with Gasteiger partial charge < -0.3 is 6.92 Å². The highest BCUT2D eigenvalue weighted by Gasteiger charge is 1.84. The quantitative estimate of drug-likeness (QED) is 0.378. The molecule has 0 rings (SSSR count). The first kappa shape index (κ1) is 9.00. The van der Waals surface area contributed by atoms with Crippen molar-refractivity contribution >= 4 is 0 Å². The summed E-state index contributed by atoms with van der Waals surface area (Å²) in [6.07, 6.45) is 9.45. The van der Waals surface area contributed by atoms with E-state index in [1.807, 2.05) is 0 Å². The SMILES string of the molecule is [CH2-]CCCCCCCC. The van der Waals surface area contributed by atoms with Crippen LogP contribution in [0, 0.1) is 6.92 Å². The molecule has 0 nitrogen and oxygen atoms in total. The standard InChI is InChI=1S/C9H19/c1-3-5-7-9-8-6-4-2/h1,3-9H2,2H3/q-1. The van der Waals surface area contributed by atoms with Gasteiger partial charge in [0.1, 0.15) is 0 Å². The Kier molecular flexibility index (Phi) is 8.00. The molecular weight excluding hydrogens is 108 g/mol. The molecule has 0 aromatic heterocycles. The van der Waals surface area contributed by atoms with Crippen LogP contribution in [0.3, 0.4) is 0 Å². The predicted octanol–water partition coefficient (Wildman–Crippen LogP) is 3.57. The zero-order valence-corrected chi connectivity index (χ0v) is 6.66. The first-order chi connectivity index (χ1) is 4.41. The van der Waals surface area contributed by atoms with Gasteiger partial charge >= 0.3 is 0 Å². The van der Waals surface area contributed by atoms with Crippen LogP contribution in [0.1, 0.15) is 51.9 Å². The number of hydrogen-bond acceptors (Lipinski definition) is 0. The van der Waals surface area contributed by atoms with Gasteiger partial charge in [-0.15, -0.1) is 0 Å². The second-order valence-electron chi connectivity index (χ2n) is 2.62. The van der Waals surface area contributed by atoms with Gasteiger partial charge in [0.05, 0.1) is 0 Å². The maximum absolute atomic E-state index is 3.80. The molecule has 0 spiro atoms. The summed E-state index contributed by atoms with van der Waals surface area (Å²) < 4.78 is 0. The summed E-state index contributed by atoms with van der Waals surface area (Å²) in [6.45, 7) is 6.05. The Morgan fingerprint density at radius 3 is 2.00 bits per heavy atom. The van der Waals surface area contributed by atoms with Crippen molar-refractivity contribution in [2.75, 3.05) is 0 Å². The van der Waals surface area contributed by atoms with Crippen molar-refractivity contribution in [3.8, 4) is 0 Å². The van der Waals surface area contributed by atoms with E-state index in [4.69, 9.17) is 0 Å². The molecule has 0 saturated heterocycles. The van der Waals surface area contributed by atoms with E-state index in [0.29, 0.717) is 0 Å². The average Bonchev–Trinajstić information content (AvgIpc) is 1.89. The highest BCUT2D eigenvalue weighted by Crippen LogP contribution is 2.05. The summed E-state index contributed by atoms with van der Waals surface area (Å²) >= 11 is 0. The monoisotopic (exact) mass is 127 g/mol. The first-order valence-electron chi connectivity index (χ1n) is 4.21. The minimum absolute atomic E-state index is 1.12.